The predicted octanol–water partition coefficient (Wildman–Crippen LogP) is 3.29. The number of aromatic hydroxyl groups is 1. The van der Waals surface area contributed by atoms with E-state index in [1.165, 1.54) is 0 Å². The van der Waals surface area contributed by atoms with Crippen LogP contribution in [-0.2, 0) is 11.3 Å². The molecule has 2 N–H and O–H groups in total. The van der Waals surface area contributed by atoms with E-state index in [0.717, 1.165) is 16.7 Å². The highest BCUT2D eigenvalue weighted by Gasteiger charge is 2.11. The van der Waals surface area contributed by atoms with Crippen molar-refractivity contribution in [2.45, 2.75) is 33.2 Å². The lowest BCUT2D eigenvalue weighted by Gasteiger charge is -2.07. The quantitative estimate of drug-likeness (QED) is 0.805. The van der Waals surface area contributed by atoms with Gasteiger partial charge in [-0.2, -0.15) is 0 Å². The molecule has 0 atom stereocenters. The minimum Gasteiger partial charge on any atom is -0.508 e. The number of benzene rings is 2. The lowest BCUT2D eigenvalue weighted by molar-refractivity contribution is -0.121. The summed E-state index contributed by atoms with van der Waals surface area (Å²) in [6.07, 6.45) is 0.371. The molecule has 0 aromatic heterocycles. The van der Waals surface area contributed by atoms with Gasteiger partial charge in [0.1, 0.15) is 5.75 Å². The fourth-order valence-corrected chi connectivity index (χ4v) is 2.30. The number of carbonyl (C=O) groups excluding carboxylic acids is 2. The highest BCUT2D eigenvalue weighted by Crippen LogP contribution is 2.14. The minimum atomic E-state index is -0.156. The Morgan fingerprint density at radius 2 is 1.70 bits per heavy atom. The highest BCUT2D eigenvalue weighted by atomic mass is 16.3. The summed E-state index contributed by atoms with van der Waals surface area (Å²) >= 11 is 0. The lowest BCUT2D eigenvalue weighted by Crippen LogP contribution is -2.23. The van der Waals surface area contributed by atoms with Crippen molar-refractivity contribution in [2.24, 2.45) is 0 Å². The molecule has 0 bridgehead atoms. The standard InChI is InChI=1S/C19H21NO3/c1-13-3-4-14(2)17(11-13)18(22)9-10-19(23)20-12-15-5-7-16(21)8-6-15/h3-8,11,21H,9-10,12H2,1-2H3,(H,20,23). The van der Waals surface area contributed by atoms with E-state index in [-0.39, 0.29) is 30.3 Å². The smallest absolute Gasteiger partial charge is 0.220 e. The van der Waals surface area contributed by atoms with Crippen LogP contribution < -0.4 is 5.32 Å². The topological polar surface area (TPSA) is 66.4 Å². The minimum absolute atomic E-state index is 0.00835. The molecule has 2 aromatic rings. The van der Waals surface area contributed by atoms with Gasteiger partial charge in [-0.25, -0.2) is 0 Å². The van der Waals surface area contributed by atoms with Crippen LogP contribution in [0, 0.1) is 13.8 Å². The monoisotopic (exact) mass is 311 g/mol. The van der Waals surface area contributed by atoms with Crippen molar-refractivity contribution in [3.63, 3.8) is 0 Å². The molecule has 23 heavy (non-hydrogen) atoms. The van der Waals surface area contributed by atoms with Gasteiger partial charge in [-0.1, -0.05) is 29.8 Å². The van der Waals surface area contributed by atoms with Gasteiger partial charge in [0, 0.05) is 24.9 Å². The van der Waals surface area contributed by atoms with Crippen LogP contribution >= 0.6 is 0 Å². The molecule has 0 fully saturated rings. The number of carbonyl (C=O) groups is 2. The van der Waals surface area contributed by atoms with Crippen molar-refractivity contribution in [2.75, 3.05) is 0 Å². The van der Waals surface area contributed by atoms with Crippen molar-refractivity contribution in [1.82, 2.24) is 5.32 Å². The van der Waals surface area contributed by atoms with E-state index in [2.05, 4.69) is 5.32 Å². The summed E-state index contributed by atoms with van der Waals surface area (Å²) in [6.45, 7) is 4.23. The van der Waals surface area contributed by atoms with Crippen LogP contribution in [-0.4, -0.2) is 16.8 Å². The van der Waals surface area contributed by atoms with Gasteiger partial charge in [-0.15, -0.1) is 0 Å². The number of ketones is 1. The molecule has 0 spiro atoms. The van der Waals surface area contributed by atoms with Gasteiger partial charge in [0.2, 0.25) is 5.91 Å². The Morgan fingerprint density at radius 1 is 1.00 bits per heavy atom. The van der Waals surface area contributed by atoms with Crippen molar-refractivity contribution < 1.29 is 14.7 Å². The van der Waals surface area contributed by atoms with E-state index in [0.29, 0.717) is 12.1 Å². The molecule has 120 valence electrons. The Bertz CT molecular complexity index is 705. The third-order valence-electron chi connectivity index (χ3n) is 3.70. The van der Waals surface area contributed by atoms with E-state index in [1.54, 1.807) is 24.3 Å². The average Bonchev–Trinajstić information content (AvgIpc) is 2.54. The number of Topliss-reactive ketones (excluding diaryl/α,β-unsaturated/α-hetero) is 1. The van der Waals surface area contributed by atoms with Crippen LogP contribution in [0.1, 0.15) is 39.9 Å². The molecule has 0 saturated heterocycles. The second kappa shape index (κ2) is 7.58. The predicted molar refractivity (Wildman–Crippen MR) is 89.4 cm³/mol. The molecule has 0 saturated carbocycles. The molecule has 4 heteroatoms. The molecule has 0 heterocycles. The molecule has 4 nitrogen and oxygen atoms in total. The van der Waals surface area contributed by atoms with Gasteiger partial charge in [-0.3, -0.25) is 9.59 Å². The molecule has 0 radical (unpaired) electrons. The molecule has 0 aliphatic rings. The molecular weight excluding hydrogens is 290 g/mol. The number of nitrogens with one attached hydrogen (secondary N) is 1. The van der Waals surface area contributed by atoms with Gasteiger partial charge in [0.25, 0.3) is 0 Å². The second-order valence-corrected chi connectivity index (χ2v) is 5.68. The number of hydrogen-bond acceptors (Lipinski definition) is 3. The van der Waals surface area contributed by atoms with Crippen molar-refractivity contribution >= 4 is 11.7 Å². The van der Waals surface area contributed by atoms with Gasteiger partial charge in [0.05, 0.1) is 0 Å². The molecule has 0 aliphatic carbocycles. The number of aryl methyl sites for hydroxylation is 2. The van der Waals surface area contributed by atoms with Crippen LogP contribution in [0.3, 0.4) is 0 Å². The van der Waals surface area contributed by atoms with E-state index in [4.69, 9.17) is 0 Å². The summed E-state index contributed by atoms with van der Waals surface area (Å²) in [6, 6.07) is 12.4. The fourth-order valence-electron chi connectivity index (χ4n) is 2.30. The highest BCUT2D eigenvalue weighted by molar-refractivity contribution is 5.99. The van der Waals surface area contributed by atoms with Gasteiger partial charge in [-0.05, 0) is 43.2 Å². The van der Waals surface area contributed by atoms with Crippen LogP contribution in [0.25, 0.3) is 0 Å². The molecule has 2 rings (SSSR count). The summed E-state index contributed by atoms with van der Waals surface area (Å²) < 4.78 is 0. The van der Waals surface area contributed by atoms with Gasteiger partial charge in [0.15, 0.2) is 5.78 Å². The number of phenols is 1. The van der Waals surface area contributed by atoms with Crippen molar-refractivity contribution in [3.05, 3.63) is 64.7 Å². The molecule has 2 aromatic carbocycles. The maximum absolute atomic E-state index is 12.2. The Balaban J connectivity index is 1.83. The van der Waals surface area contributed by atoms with E-state index < -0.39 is 0 Å². The van der Waals surface area contributed by atoms with Gasteiger partial charge < -0.3 is 10.4 Å². The average molecular weight is 311 g/mol. The zero-order chi connectivity index (χ0) is 16.8. The lowest BCUT2D eigenvalue weighted by atomic mass is 9.99. The normalized spacial score (nSPS) is 10.3. The SMILES string of the molecule is Cc1ccc(C)c(C(=O)CCC(=O)NCc2ccc(O)cc2)c1. The number of hydrogen-bond donors (Lipinski definition) is 2. The summed E-state index contributed by atoms with van der Waals surface area (Å²) in [5, 5.41) is 12.0. The molecule has 0 unspecified atom stereocenters. The maximum atomic E-state index is 12.2. The molecular formula is C19H21NO3. The van der Waals surface area contributed by atoms with E-state index in [1.807, 2.05) is 32.0 Å². The first-order chi connectivity index (χ1) is 11.0. The van der Waals surface area contributed by atoms with E-state index >= 15 is 0 Å². The summed E-state index contributed by atoms with van der Waals surface area (Å²) in [7, 11) is 0. The zero-order valence-corrected chi connectivity index (χ0v) is 13.4. The Hall–Kier alpha value is -2.62. The third-order valence-corrected chi connectivity index (χ3v) is 3.70. The summed E-state index contributed by atoms with van der Waals surface area (Å²) in [4.78, 5) is 24.1. The molecule has 0 aliphatic heterocycles. The summed E-state index contributed by atoms with van der Waals surface area (Å²) in [5.41, 5.74) is 3.56. The Labute approximate surface area is 136 Å². The number of phenolic OH excluding ortho intramolecular Hbond substituents is 1. The first-order valence-electron chi connectivity index (χ1n) is 7.61. The van der Waals surface area contributed by atoms with Crippen LogP contribution in [0.5, 0.6) is 5.75 Å². The largest absolute Gasteiger partial charge is 0.508 e. The third kappa shape index (κ3) is 4.95. The Morgan fingerprint density at radius 3 is 2.39 bits per heavy atom. The molecule has 1 amide bonds. The van der Waals surface area contributed by atoms with Crippen LogP contribution in [0.2, 0.25) is 0 Å². The zero-order valence-electron chi connectivity index (χ0n) is 13.4. The summed E-state index contributed by atoms with van der Waals surface area (Å²) in [5.74, 6) is 0.0295. The van der Waals surface area contributed by atoms with Crippen molar-refractivity contribution in [3.8, 4) is 5.75 Å². The van der Waals surface area contributed by atoms with Crippen molar-refractivity contribution in [1.29, 1.82) is 0 Å². The number of rotatable bonds is 6. The van der Waals surface area contributed by atoms with Crippen LogP contribution in [0.4, 0.5) is 0 Å². The van der Waals surface area contributed by atoms with Crippen LogP contribution in [0.15, 0.2) is 42.5 Å². The number of amides is 1. The fraction of sp³-hybridized carbons (Fsp3) is 0.263. The second-order valence-electron chi connectivity index (χ2n) is 5.68. The first kappa shape index (κ1) is 16.7. The first-order valence-corrected chi connectivity index (χ1v) is 7.61. The maximum Gasteiger partial charge on any atom is 0.220 e. The van der Waals surface area contributed by atoms with Gasteiger partial charge >= 0.3 is 0 Å². The Kier molecular flexibility index (Phi) is 5.52. The van der Waals surface area contributed by atoms with E-state index in [9.17, 15) is 14.7 Å².